The van der Waals surface area contributed by atoms with Crippen molar-refractivity contribution in [2.75, 3.05) is 0 Å². The number of hydrogen-bond acceptors (Lipinski definition) is 2. The first-order valence-corrected chi connectivity index (χ1v) is 6.98. The van der Waals surface area contributed by atoms with Crippen LogP contribution in [0.25, 0.3) is 0 Å². The summed E-state index contributed by atoms with van der Waals surface area (Å²) in [7, 11) is 0. The lowest BCUT2D eigenvalue weighted by Crippen LogP contribution is -1.93. The smallest absolute Gasteiger partial charge is 0.141 e. The fourth-order valence-corrected chi connectivity index (χ4v) is 2.46. The Hall–Kier alpha value is -1.32. The molecule has 2 rings (SSSR count). The molecule has 0 amide bonds. The number of halogens is 1. The molecule has 0 aliphatic carbocycles. The van der Waals surface area contributed by atoms with E-state index < -0.39 is 6.10 Å². The van der Waals surface area contributed by atoms with E-state index in [0.29, 0.717) is 0 Å². The summed E-state index contributed by atoms with van der Waals surface area (Å²) in [6, 6.07) is 11.7. The highest BCUT2D eigenvalue weighted by Gasteiger charge is 2.07. The van der Waals surface area contributed by atoms with E-state index in [1.807, 2.05) is 44.2 Å². The van der Waals surface area contributed by atoms with Crippen LogP contribution in [0.2, 0.25) is 0 Å². The Balaban J connectivity index is 2.28. The second-order valence-corrected chi connectivity index (χ2v) is 5.65. The number of aliphatic hydroxyl groups excluding tert-OH is 1. The third-order valence-corrected chi connectivity index (χ3v) is 3.48. The number of aliphatic hydroxyl groups is 1. The molecule has 0 unspecified atom stereocenters. The van der Waals surface area contributed by atoms with Crippen molar-refractivity contribution in [2.45, 2.75) is 26.9 Å². The summed E-state index contributed by atoms with van der Waals surface area (Å²) in [4.78, 5) is 0. The van der Waals surface area contributed by atoms with Crippen molar-refractivity contribution in [1.82, 2.24) is 0 Å². The Morgan fingerprint density at radius 3 is 2.21 bits per heavy atom. The molecule has 0 aliphatic rings. The van der Waals surface area contributed by atoms with E-state index in [1.165, 1.54) is 11.1 Å². The van der Waals surface area contributed by atoms with E-state index >= 15 is 0 Å². The topological polar surface area (TPSA) is 29.5 Å². The van der Waals surface area contributed by atoms with Crippen LogP contribution in [0.1, 0.15) is 29.7 Å². The summed E-state index contributed by atoms with van der Waals surface area (Å²) in [5, 5.41) is 9.54. The summed E-state index contributed by atoms with van der Waals surface area (Å²) < 4.78 is 6.72. The Morgan fingerprint density at radius 1 is 1.05 bits per heavy atom. The van der Waals surface area contributed by atoms with Gasteiger partial charge in [0, 0.05) is 0 Å². The van der Waals surface area contributed by atoms with Crippen molar-refractivity contribution >= 4 is 15.9 Å². The first kappa shape index (κ1) is 14.1. The number of ether oxygens (including phenoxy) is 1. The molecule has 0 aliphatic heterocycles. The van der Waals surface area contributed by atoms with Crippen LogP contribution in [0.5, 0.6) is 11.5 Å². The number of hydrogen-bond donors (Lipinski definition) is 1. The van der Waals surface area contributed by atoms with Gasteiger partial charge in [-0.2, -0.15) is 0 Å². The molecule has 3 heteroatoms. The second-order valence-electron chi connectivity index (χ2n) is 4.79. The molecule has 0 spiro atoms. The van der Waals surface area contributed by atoms with Gasteiger partial charge in [-0.1, -0.05) is 12.1 Å². The van der Waals surface area contributed by atoms with Crippen molar-refractivity contribution in [2.24, 2.45) is 0 Å². The molecule has 0 heterocycles. The van der Waals surface area contributed by atoms with Crippen molar-refractivity contribution in [1.29, 1.82) is 0 Å². The van der Waals surface area contributed by atoms with Crippen molar-refractivity contribution in [3.05, 3.63) is 57.6 Å². The summed E-state index contributed by atoms with van der Waals surface area (Å²) in [6.45, 7) is 5.84. The third-order valence-electron chi connectivity index (χ3n) is 2.86. The Bertz CT molecular complexity index is 571. The zero-order valence-corrected chi connectivity index (χ0v) is 12.9. The predicted molar refractivity (Wildman–Crippen MR) is 80.8 cm³/mol. The minimum atomic E-state index is -0.480. The van der Waals surface area contributed by atoms with Crippen molar-refractivity contribution in [3.8, 4) is 11.5 Å². The van der Waals surface area contributed by atoms with Gasteiger partial charge in [-0.05, 0) is 77.7 Å². The van der Waals surface area contributed by atoms with Crippen LogP contribution in [-0.4, -0.2) is 5.11 Å². The molecule has 2 aromatic carbocycles. The Kier molecular flexibility index (Phi) is 4.27. The highest BCUT2D eigenvalue weighted by Crippen LogP contribution is 2.32. The lowest BCUT2D eigenvalue weighted by atomic mass is 10.1. The van der Waals surface area contributed by atoms with E-state index in [-0.39, 0.29) is 0 Å². The summed E-state index contributed by atoms with van der Waals surface area (Å²) >= 11 is 3.47. The number of rotatable bonds is 3. The number of aryl methyl sites for hydroxylation is 2. The van der Waals surface area contributed by atoms with E-state index in [2.05, 4.69) is 22.0 Å². The molecule has 0 saturated carbocycles. The largest absolute Gasteiger partial charge is 0.456 e. The van der Waals surface area contributed by atoms with Crippen molar-refractivity contribution < 1.29 is 9.84 Å². The monoisotopic (exact) mass is 320 g/mol. The van der Waals surface area contributed by atoms with E-state index in [0.717, 1.165) is 21.5 Å². The Labute approximate surface area is 122 Å². The van der Waals surface area contributed by atoms with E-state index in [4.69, 9.17) is 4.74 Å². The molecule has 0 radical (unpaired) electrons. The van der Waals surface area contributed by atoms with Gasteiger partial charge in [-0.15, -0.1) is 0 Å². The highest BCUT2D eigenvalue weighted by molar-refractivity contribution is 9.10. The minimum Gasteiger partial charge on any atom is -0.456 e. The fraction of sp³-hybridized carbons (Fsp3) is 0.250. The maximum absolute atomic E-state index is 9.54. The molecular weight excluding hydrogens is 304 g/mol. The van der Waals surface area contributed by atoms with Gasteiger partial charge in [-0.25, -0.2) is 0 Å². The first-order chi connectivity index (χ1) is 8.95. The molecular formula is C16H17BrO2. The molecule has 0 saturated heterocycles. The molecule has 0 aromatic heterocycles. The summed E-state index contributed by atoms with van der Waals surface area (Å²) in [5.74, 6) is 1.57. The van der Waals surface area contributed by atoms with Crippen LogP contribution in [0.4, 0.5) is 0 Å². The standard InChI is InChI=1S/C16H17BrO2/c1-10-6-11(2)8-14(7-10)19-16-5-4-13(12(3)18)9-15(16)17/h4-9,12,18H,1-3H3/t12-/m0/s1. The Morgan fingerprint density at radius 2 is 1.68 bits per heavy atom. The van der Waals surface area contributed by atoms with Gasteiger partial charge in [0.15, 0.2) is 0 Å². The molecule has 1 N–H and O–H groups in total. The third kappa shape index (κ3) is 3.58. The van der Waals surface area contributed by atoms with Gasteiger partial charge in [0.1, 0.15) is 11.5 Å². The molecule has 19 heavy (non-hydrogen) atoms. The van der Waals surface area contributed by atoms with Crippen LogP contribution in [0, 0.1) is 13.8 Å². The van der Waals surface area contributed by atoms with Crippen LogP contribution in [0.3, 0.4) is 0 Å². The highest BCUT2D eigenvalue weighted by atomic mass is 79.9. The van der Waals surface area contributed by atoms with Gasteiger partial charge in [0.05, 0.1) is 10.6 Å². The van der Waals surface area contributed by atoms with Crippen molar-refractivity contribution in [3.63, 3.8) is 0 Å². The molecule has 2 aromatic rings. The maximum atomic E-state index is 9.54. The average molecular weight is 321 g/mol. The summed E-state index contributed by atoms with van der Waals surface area (Å²) in [6.07, 6.45) is -0.480. The quantitative estimate of drug-likeness (QED) is 0.870. The SMILES string of the molecule is Cc1cc(C)cc(Oc2ccc([C@H](C)O)cc2Br)c1. The van der Waals surface area contributed by atoms with Crippen LogP contribution in [-0.2, 0) is 0 Å². The van der Waals surface area contributed by atoms with Gasteiger partial charge in [-0.3, -0.25) is 0 Å². The minimum absolute atomic E-state index is 0.480. The second kappa shape index (κ2) is 5.76. The van der Waals surface area contributed by atoms with Crippen LogP contribution >= 0.6 is 15.9 Å². The zero-order valence-electron chi connectivity index (χ0n) is 11.3. The first-order valence-electron chi connectivity index (χ1n) is 6.19. The normalized spacial score (nSPS) is 12.3. The molecule has 0 fully saturated rings. The molecule has 100 valence electrons. The average Bonchev–Trinajstić information content (AvgIpc) is 2.30. The zero-order chi connectivity index (χ0) is 14.0. The van der Waals surface area contributed by atoms with Gasteiger partial charge >= 0.3 is 0 Å². The van der Waals surface area contributed by atoms with Gasteiger partial charge < -0.3 is 9.84 Å². The van der Waals surface area contributed by atoms with Crippen LogP contribution in [0.15, 0.2) is 40.9 Å². The van der Waals surface area contributed by atoms with E-state index in [9.17, 15) is 5.11 Å². The lowest BCUT2D eigenvalue weighted by Gasteiger charge is -2.11. The summed E-state index contributed by atoms with van der Waals surface area (Å²) in [5.41, 5.74) is 3.21. The maximum Gasteiger partial charge on any atom is 0.141 e. The molecule has 1 atom stereocenters. The van der Waals surface area contributed by atoms with E-state index in [1.54, 1.807) is 6.92 Å². The predicted octanol–water partition coefficient (Wildman–Crippen LogP) is 4.91. The van der Waals surface area contributed by atoms with Gasteiger partial charge in [0.2, 0.25) is 0 Å². The number of benzene rings is 2. The molecule has 2 nitrogen and oxygen atoms in total. The fourth-order valence-electron chi connectivity index (χ4n) is 1.98. The van der Waals surface area contributed by atoms with Gasteiger partial charge in [0.25, 0.3) is 0 Å². The van der Waals surface area contributed by atoms with Crippen LogP contribution < -0.4 is 4.74 Å². The molecule has 0 bridgehead atoms. The lowest BCUT2D eigenvalue weighted by molar-refractivity contribution is 0.199.